The number of aryl methyl sites for hydroxylation is 1. The van der Waals surface area contributed by atoms with Crippen molar-refractivity contribution in [2.75, 3.05) is 13.6 Å². The number of likely N-dealkylation sites (tertiary alicyclic amines) is 1. The molecule has 1 fully saturated rings. The summed E-state index contributed by atoms with van der Waals surface area (Å²) in [7, 11) is 1.61. The second-order valence-corrected chi connectivity index (χ2v) is 6.69. The van der Waals surface area contributed by atoms with Crippen LogP contribution in [-0.2, 0) is 16.0 Å². The molecule has 0 aliphatic carbocycles. The van der Waals surface area contributed by atoms with Gasteiger partial charge in [0.05, 0.1) is 0 Å². The van der Waals surface area contributed by atoms with E-state index in [4.69, 9.17) is 0 Å². The fourth-order valence-electron chi connectivity index (χ4n) is 3.37. The van der Waals surface area contributed by atoms with Gasteiger partial charge in [-0.3, -0.25) is 9.59 Å². The fourth-order valence-corrected chi connectivity index (χ4v) is 3.37. The average Bonchev–Trinajstić information content (AvgIpc) is 2.91. The van der Waals surface area contributed by atoms with Crippen LogP contribution in [0.3, 0.4) is 0 Å². The Kier molecular flexibility index (Phi) is 4.85. The highest BCUT2D eigenvalue weighted by atomic mass is 19.2. The first-order valence-electron chi connectivity index (χ1n) is 8.26. The molecule has 136 valence electrons. The van der Waals surface area contributed by atoms with Crippen molar-refractivity contribution < 1.29 is 22.8 Å². The molecule has 1 aliphatic rings. The summed E-state index contributed by atoms with van der Waals surface area (Å²) in [4.78, 5) is 26.7. The maximum atomic E-state index is 13.9. The van der Waals surface area contributed by atoms with E-state index in [1.807, 2.05) is 31.2 Å². The Hall–Kier alpha value is -2.63. The SMILES string of the molecule is Cc1ccc([C@H]2CN(C)C(=O)[C@@H]2C(=O)Cc2ccc(F)c(F)c2F)cc1. The summed E-state index contributed by atoms with van der Waals surface area (Å²) in [5.74, 6) is -6.47. The van der Waals surface area contributed by atoms with E-state index in [9.17, 15) is 22.8 Å². The van der Waals surface area contributed by atoms with Crippen LogP contribution in [0.5, 0.6) is 0 Å². The Morgan fingerprint density at radius 1 is 1.08 bits per heavy atom. The van der Waals surface area contributed by atoms with Crippen molar-refractivity contribution >= 4 is 11.7 Å². The van der Waals surface area contributed by atoms with Gasteiger partial charge in [-0.05, 0) is 24.1 Å². The van der Waals surface area contributed by atoms with E-state index in [0.29, 0.717) is 6.54 Å². The number of halogens is 3. The van der Waals surface area contributed by atoms with Gasteiger partial charge >= 0.3 is 0 Å². The summed E-state index contributed by atoms with van der Waals surface area (Å²) >= 11 is 0. The first-order valence-corrected chi connectivity index (χ1v) is 8.26. The Bertz CT molecular complexity index is 864. The highest BCUT2D eigenvalue weighted by molar-refractivity contribution is 6.04. The summed E-state index contributed by atoms with van der Waals surface area (Å²) in [5, 5.41) is 0. The van der Waals surface area contributed by atoms with Gasteiger partial charge in [0.25, 0.3) is 0 Å². The number of ketones is 1. The third kappa shape index (κ3) is 3.23. The number of rotatable bonds is 4. The highest BCUT2D eigenvalue weighted by Crippen LogP contribution is 2.34. The van der Waals surface area contributed by atoms with Crippen molar-refractivity contribution in [1.29, 1.82) is 0 Å². The zero-order valence-corrected chi connectivity index (χ0v) is 14.4. The van der Waals surface area contributed by atoms with Crippen LogP contribution in [-0.4, -0.2) is 30.2 Å². The second-order valence-electron chi connectivity index (χ2n) is 6.69. The smallest absolute Gasteiger partial charge is 0.233 e. The summed E-state index contributed by atoms with van der Waals surface area (Å²) < 4.78 is 40.4. The monoisotopic (exact) mass is 361 g/mol. The van der Waals surface area contributed by atoms with Crippen molar-refractivity contribution in [3.8, 4) is 0 Å². The van der Waals surface area contributed by atoms with Crippen LogP contribution in [0.2, 0.25) is 0 Å². The van der Waals surface area contributed by atoms with Crippen LogP contribution in [0.15, 0.2) is 36.4 Å². The Morgan fingerprint density at radius 3 is 2.38 bits per heavy atom. The first-order chi connectivity index (χ1) is 12.3. The zero-order valence-electron chi connectivity index (χ0n) is 14.4. The molecule has 0 radical (unpaired) electrons. The van der Waals surface area contributed by atoms with Crippen molar-refractivity contribution in [3.05, 3.63) is 70.5 Å². The molecule has 1 amide bonds. The van der Waals surface area contributed by atoms with Crippen LogP contribution in [0.1, 0.15) is 22.6 Å². The van der Waals surface area contributed by atoms with Gasteiger partial charge in [-0.25, -0.2) is 13.2 Å². The third-order valence-electron chi connectivity index (χ3n) is 4.85. The normalized spacial score (nSPS) is 19.9. The topological polar surface area (TPSA) is 37.4 Å². The van der Waals surface area contributed by atoms with E-state index in [0.717, 1.165) is 23.3 Å². The van der Waals surface area contributed by atoms with Gasteiger partial charge in [0, 0.05) is 25.9 Å². The molecule has 0 aromatic heterocycles. The van der Waals surface area contributed by atoms with E-state index in [2.05, 4.69) is 0 Å². The zero-order chi connectivity index (χ0) is 19.0. The maximum Gasteiger partial charge on any atom is 0.233 e. The second kappa shape index (κ2) is 6.94. The minimum atomic E-state index is -1.61. The predicted molar refractivity (Wildman–Crippen MR) is 90.1 cm³/mol. The number of Topliss-reactive ketones (excluding diaryl/α,β-unsaturated/α-hetero) is 1. The maximum absolute atomic E-state index is 13.9. The molecule has 1 heterocycles. The number of carbonyl (C=O) groups excluding carboxylic acids is 2. The highest BCUT2D eigenvalue weighted by Gasteiger charge is 2.43. The molecule has 2 aromatic carbocycles. The lowest BCUT2D eigenvalue weighted by molar-refractivity contribution is -0.136. The lowest BCUT2D eigenvalue weighted by Gasteiger charge is -2.16. The van der Waals surface area contributed by atoms with Crippen LogP contribution in [0.25, 0.3) is 0 Å². The molecule has 0 saturated carbocycles. The third-order valence-corrected chi connectivity index (χ3v) is 4.85. The van der Waals surface area contributed by atoms with Gasteiger partial charge < -0.3 is 4.90 Å². The largest absolute Gasteiger partial charge is 0.344 e. The summed E-state index contributed by atoms with van der Waals surface area (Å²) in [5.41, 5.74) is 1.65. The first kappa shape index (κ1) is 18.2. The number of hydrogen-bond donors (Lipinski definition) is 0. The molecule has 1 saturated heterocycles. The van der Waals surface area contributed by atoms with Crippen LogP contribution < -0.4 is 0 Å². The number of carbonyl (C=O) groups is 2. The summed E-state index contributed by atoms with van der Waals surface area (Å²) in [6.07, 6.45) is -0.463. The van der Waals surface area contributed by atoms with Gasteiger partial charge in [-0.1, -0.05) is 35.9 Å². The molecular weight excluding hydrogens is 343 g/mol. The van der Waals surface area contributed by atoms with E-state index < -0.39 is 35.6 Å². The molecule has 3 nitrogen and oxygen atoms in total. The van der Waals surface area contributed by atoms with E-state index in [1.165, 1.54) is 4.90 Å². The molecule has 0 unspecified atom stereocenters. The Morgan fingerprint density at radius 2 is 1.73 bits per heavy atom. The molecule has 0 spiro atoms. The number of nitrogens with zero attached hydrogens (tertiary/aromatic N) is 1. The molecular formula is C20H18F3NO2. The molecule has 6 heteroatoms. The molecule has 3 rings (SSSR count). The van der Waals surface area contributed by atoms with Gasteiger partial charge in [-0.15, -0.1) is 0 Å². The van der Waals surface area contributed by atoms with Gasteiger partial charge in [0.2, 0.25) is 5.91 Å². The van der Waals surface area contributed by atoms with Crippen molar-refractivity contribution in [2.24, 2.45) is 5.92 Å². The number of benzene rings is 2. The van der Waals surface area contributed by atoms with Crippen molar-refractivity contribution in [2.45, 2.75) is 19.3 Å². The van der Waals surface area contributed by atoms with Crippen LogP contribution >= 0.6 is 0 Å². The van der Waals surface area contributed by atoms with Crippen molar-refractivity contribution in [1.82, 2.24) is 4.90 Å². The summed E-state index contributed by atoms with van der Waals surface area (Å²) in [6, 6.07) is 9.34. The minimum Gasteiger partial charge on any atom is -0.344 e. The Labute approximate surface area is 149 Å². The number of amides is 1. The fraction of sp³-hybridized carbons (Fsp3) is 0.300. The van der Waals surface area contributed by atoms with Gasteiger partial charge in [-0.2, -0.15) is 0 Å². The molecule has 2 aromatic rings. The molecule has 26 heavy (non-hydrogen) atoms. The van der Waals surface area contributed by atoms with Crippen LogP contribution in [0, 0.1) is 30.3 Å². The van der Waals surface area contributed by atoms with Crippen molar-refractivity contribution in [3.63, 3.8) is 0 Å². The molecule has 2 atom stereocenters. The minimum absolute atomic E-state index is 0.251. The van der Waals surface area contributed by atoms with E-state index in [1.54, 1.807) is 7.05 Å². The quantitative estimate of drug-likeness (QED) is 0.618. The molecule has 0 bridgehead atoms. The molecule has 1 aliphatic heterocycles. The average molecular weight is 361 g/mol. The van der Waals surface area contributed by atoms with Gasteiger partial charge in [0.1, 0.15) is 11.7 Å². The Balaban J connectivity index is 1.89. The number of hydrogen-bond acceptors (Lipinski definition) is 2. The predicted octanol–water partition coefficient (Wildman–Crippen LogP) is 3.40. The van der Waals surface area contributed by atoms with E-state index >= 15 is 0 Å². The standard InChI is InChI=1S/C20H18F3NO2/c1-11-3-5-12(6-4-11)14-10-24(2)20(26)17(14)16(25)9-13-7-8-15(21)19(23)18(13)22/h3-8,14,17H,9-10H2,1-2H3/t14-,17+/m1/s1. The van der Waals surface area contributed by atoms with Crippen LogP contribution in [0.4, 0.5) is 13.2 Å². The number of likely N-dealkylation sites (N-methyl/N-ethyl adjacent to an activating group) is 1. The lowest BCUT2D eigenvalue weighted by atomic mass is 9.83. The summed E-state index contributed by atoms with van der Waals surface area (Å²) in [6.45, 7) is 2.31. The van der Waals surface area contributed by atoms with E-state index in [-0.39, 0.29) is 17.4 Å². The lowest BCUT2D eigenvalue weighted by Crippen LogP contribution is -2.29. The van der Waals surface area contributed by atoms with Gasteiger partial charge in [0.15, 0.2) is 17.5 Å². The molecule has 0 N–H and O–H groups in total.